The average Bonchev–Trinajstić information content (AvgIpc) is 1.65. The second-order valence-electron chi connectivity index (χ2n) is 0.684. The summed E-state index contributed by atoms with van der Waals surface area (Å²) in [4.78, 5) is 21.5. The van der Waals surface area contributed by atoms with Crippen molar-refractivity contribution in [3.05, 3.63) is 0 Å². The van der Waals surface area contributed by atoms with Crippen molar-refractivity contribution in [3.63, 3.8) is 0 Å². The van der Waals surface area contributed by atoms with Gasteiger partial charge in [-0.1, -0.05) is 0 Å². The number of rotatable bonds is 0. The van der Waals surface area contributed by atoms with Crippen LogP contribution in [0, 0.1) is 0 Å². The standard InChI is InChI=1S/C2H2O5.Ti/c3-1(4)2(5)7-6;/h6H,(H,3,4);. The van der Waals surface area contributed by atoms with Gasteiger partial charge in [0.2, 0.25) is 0 Å². The second-order valence-corrected chi connectivity index (χ2v) is 0.684. The Hall–Kier alpha value is -0.386. The van der Waals surface area contributed by atoms with Crippen molar-refractivity contribution in [1.82, 2.24) is 0 Å². The second kappa shape index (κ2) is 4.77. The van der Waals surface area contributed by atoms with E-state index >= 15 is 0 Å². The third-order valence-corrected chi connectivity index (χ3v) is 0.258. The van der Waals surface area contributed by atoms with E-state index in [1.54, 1.807) is 0 Å². The fraction of sp³-hybridized carbons (Fsp3) is 0. The van der Waals surface area contributed by atoms with E-state index < -0.39 is 11.9 Å². The Morgan fingerprint density at radius 2 is 1.75 bits per heavy atom. The summed E-state index contributed by atoms with van der Waals surface area (Å²) in [6, 6.07) is 0. The molecule has 2 N–H and O–H groups in total. The Kier molecular flexibility index (Phi) is 6.30. The van der Waals surface area contributed by atoms with Gasteiger partial charge in [-0.05, 0) is 0 Å². The van der Waals surface area contributed by atoms with Gasteiger partial charge in [-0.15, -0.1) is 0 Å². The molecule has 0 aromatic rings. The van der Waals surface area contributed by atoms with Crippen molar-refractivity contribution < 1.29 is 46.6 Å². The number of carbonyl (C=O) groups excluding carboxylic acids is 1. The number of carboxylic acids is 1. The maximum absolute atomic E-state index is 9.44. The minimum absolute atomic E-state index is 0. The molecule has 0 spiro atoms. The molecule has 44 valence electrons. The van der Waals surface area contributed by atoms with Crippen LogP contribution >= 0.6 is 0 Å². The molecule has 0 bridgehead atoms. The van der Waals surface area contributed by atoms with E-state index in [-0.39, 0.29) is 21.7 Å². The van der Waals surface area contributed by atoms with Gasteiger partial charge in [-0.3, -0.25) is 4.89 Å². The molecule has 0 saturated carbocycles. The van der Waals surface area contributed by atoms with Crippen molar-refractivity contribution in [1.29, 1.82) is 0 Å². The van der Waals surface area contributed by atoms with Crippen molar-refractivity contribution in [2.24, 2.45) is 0 Å². The Labute approximate surface area is 59.1 Å². The molecule has 0 aromatic heterocycles. The Balaban J connectivity index is 0. The molecule has 0 aliphatic heterocycles. The van der Waals surface area contributed by atoms with E-state index in [0.29, 0.717) is 0 Å². The average molecular weight is 154 g/mol. The van der Waals surface area contributed by atoms with E-state index in [4.69, 9.17) is 10.4 Å². The Morgan fingerprint density at radius 3 is 1.75 bits per heavy atom. The van der Waals surface area contributed by atoms with Gasteiger partial charge >= 0.3 is 11.9 Å². The SMILES string of the molecule is O=C(O)C(=O)OO.[Ti]. The number of hydrogen-bond donors (Lipinski definition) is 2. The summed E-state index contributed by atoms with van der Waals surface area (Å²) >= 11 is 0. The minimum Gasteiger partial charge on any atom is -0.473 e. The van der Waals surface area contributed by atoms with Crippen molar-refractivity contribution in [2.45, 2.75) is 0 Å². The third kappa shape index (κ3) is 3.79. The van der Waals surface area contributed by atoms with E-state index in [2.05, 4.69) is 4.89 Å². The zero-order valence-corrected chi connectivity index (χ0v) is 5.18. The molecular formula is C2H2O5Ti. The fourth-order valence-electron chi connectivity index (χ4n) is 0.0390. The van der Waals surface area contributed by atoms with Gasteiger partial charge in [-0.25, -0.2) is 9.59 Å². The van der Waals surface area contributed by atoms with Gasteiger partial charge in [0.1, 0.15) is 0 Å². The molecule has 5 nitrogen and oxygen atoms in total. The van der Waals surface area contributed by atoms with Crippen molar-refractivity contribution in [3.8, 4) is 0 Å². The monoisotopic (exact) mass is 154 g/mol. The largest absolute Gasteiger partial charge is 0.473 e. The van der Waals surface area contributed by atoms with Crippen LogP contribution in [0.5, 0.6) is 0 Å². The van der Waals surface area contributed by atoms with Crippen molar-refractivity contribution in [2.75, 3.05) is 0 Å². The first-order valence-corrected chi connectivity index (χ1v) is 1.27. The quantitative estimate of drug-likeness (QED) is 0.204. The molecular weight excluding hydrogens is 152 g/mol. The smallest absolute Gasteiger partial charge is 0.449 e. The molecule has 0 saturated heterocycles. The topological polar surface area (TPSA) is 83.8 Å². The Morgan fingerprint density at radius 1 is 1.38 bits per heavy atom. The number of carboxylic acid groups (broad SMARTS) is 1. The maximum Gasteiger partial charge on any atom is 0.449 e. The maximum atomic E-state index is 9.44. The van der Waals surface area contributed by atoms with Crippen LogP contribution in [-0.4, -0.2) is 22.3 Å². The van der Waals surface area contributed by atoms with Crippen LogP contribution in [0.1, 0.15) is 0 Å². The molecule has 0 rings (SSSR count). The van der Waals surface area contributed by atoms with Crippen LogP contribution in [0.15, 0.2) is 0 Å². The number of aliphatic carboxylic acids is 1. The summed E-state index contributed by atoms with van der Waals surface area (Å²) in [5, 5.41) is 14.8. The Bertz CT molecular complexity index is 98.6. The summed E-state index contributed by atoms with van der Waals surface area (Å²) in [5.74, 6) is -3.50. The first kappa shape index (κ1) is 10.6. The predicted octanol–water partition coefficient (Wildman–Crippen LogP) is -0.915. The van der Waals surface area contributed by atoms with Gasteiger partial charge in [0.05, 0.1) is 0 Å². The van der Waals surface area contributed by atoms with Gasteiger partial charge in [0.25, 0.3) is 0 Å². The summed E-state index contributed by atoms with van der Waals surface area (Å²) in [6.07, 6.45) is 0. The minimum atomic E-state index is -1.82. The van der Waals surface area contributed by atoms with E-state index in [0.717, 1.165) is 0 Å². The van der Waals surface area contributed by atoms with Crippen LogP contribution in [0.4, 0.5) is 0 Å². The first-order chi connectivity index (χ1) is 3.18. The van der Waals surface area contributed by atoms with Gasteiger partial charge in [-0.2, -0.15) is 5.26 Å². The van der Waals surface area contributed by atoms with Crippen LogP contribution in [0.25, 0.3) is 0 Å². The van der Waals surface area contributed by atoms with Crippen LogP contribution in [0.2, 0.25) is 0 Å². The fourth-order valence-corrected chi connectivity index (χ4v) is 0.0390. The summed E-state index contributed by atoms with van der Waals surface area (Å²) in [6.45, 7) is 0. The van der Waals surface area contributed by atoms with Crippen molar-refractivity contribution >= 4 is 11.9 Å². The summed E-state index contributed by atoms with van der Waals surface area (Å²) in [7, 11) is 0. The van der Waals surface area contributed by atoms with E-state index in [1.165, 1.54) is 0 Å². The molecule has 0 amide bonds. The van der Waals surface area contributed by atoms with E-state index in [1.807, 2.05) is 0 Å². The molecule has 6 heteroatoms. The third-order valence-electron chi connectivity index (χ3n) is 0.258. The molecule has 0 fully saturated rings. The summed E-state index contributed by atoms with van der Waals surface area (Å²) in [5.41, 5.74) is 0. The number of carbonyl (C=O) groups is 2. The van der Waals surface area contributed by atoms with Gasteiger partial charge in [0.15, 0.2) is 0 Å². The molecule has 0 radical (unpaired) electrons. The molecule has 0 aromatic carbocycles. The van der Waals surface area contributed by atoms with Gasteiger partial charge < -0.3 is 5.11 Å². The van der Waals surface area contributed by atoms with Gasteiger partial charge in [0, 0.05) is 21.7 Å². The zero-order valence-electron chi connectivity index (χ0n) is 3.62. The molecule has 0 aliphatic rings. The predicted molar refractivity (Wildman–Crippen MR) is 16.4 cm³/mol. The molecule has 0 aliphatic carbocycles. The van der Waals surface area contributed by atoms with Crippen LogP contribution in [0.3, 0.4) is 0 Å². The normalized spacial score (nSPS) is 6.62. The molecule has 8 heavy (non-hydrogen) atoms. The zero-order chi connectivity index (χ0) is 5.86. The van der Waals surface area contributed by atoms with Crippen LogP contribution < -0.4 is 0 Å². The molecule has 0 unspecified atom stereocenters. The number of hydrogen-bond acceptors (Lipinski definition) is 4. The molecule has 0 heterocycles. The summed E-state index contributed by atoms with van der Waals surface area (Å²) < 4.78 is 0. The first-order valence-electron chi connectivity index (χ1n) is 1.27. The molecule has 0 atom stereocenters. The van der Waals surface area contributed by atoms with E-state index in [9.17, 15) is 9.59 Å². The van der Waals surface area contributed by atoms with Crippen LogP contribution in [-0.2, 0) is 36.2 Å².